The molecule has 1 aromatic heterocycles. The first-order valence-corrected chi connectivity index (χ1v) is 10.4. The fraction of sp³-hybridized carbons (Fsp3) is 0.318. The molecule has 1 N–H and O–H groups in total. The number of likely N-dealkylation sites (tertiary alicyclic amines) is 1. The number of aromatic amines is 1. The van der Waals surface area contributed by atoms with Gasteiger partial charge in [0, 0.05) is 31.8 Å². The molecule has 2 heterocycles. The number of ketones is 1. The van der Waals surface area contributed by atoms with Crippen molar-refractivity contribution in [1.29, 1.82) is 0 Å². The van der Waals surface area contributed by atoms with Crippen molar-refractivity contribution in [2.75, 3.05) is 19.6 Å². The second-order valence-corrected chi connectivity index (χ2v) is 8.18. The van der Waals surface area contributed by atoms with Crippen molar-refractivity contribution >= 4 is 39.3 Å². The molecule has 0 radical (unpaired) electrons. The Kier molecular flexibility index (Phi) is 5.14. The maximum absolute atomic E-state index is 13.0. The summed E-state index contributed by atoms with van der Waals surface area (Å²) in [4.78, 5) is 18.9. The Morgan fingerprint density at radius 2 is 1.96 bits per heavy atom. The Hall–Kier alpha value is -1.66. The fourth-order valence-electron chi connectivity index (χ4n) is 3.98. The lowest BCUT2D eigenvalue weighted by atomic mass is 9.88. The summed E-state index contributed by atoms with van der Waals surface area (Å²) >= 11 is 2.23. The summed E-state index contributed by atoms with van der Waals surface area (Å²) in [6, 6.07) is 13.9. The molecule has 0 amide bonds. The summed E-state index contributed by atoms with van der Waals surface area (Å²) in [5, 5.41) is 1.21. The smallest absolute Gasteiger partial charge is 0.194 e. The van der Waals surface area contributed by atoms with E-state index < -0.39 is 0 Å². The number of nitrogens with zero attached hydrogens (tertiary/aromatic N) is 1. The van der Waals surface area contributed by atoms with Crippen molar-refractivity contribution in [3.05, 3.63) is 68.9 Å². The second kappa shape index (κ2) is 7.53. The van der Waals surface area contributed by atoms with Crippen LogP contribution >= 0.6 is 22.6 Å². The molecular weight excluding hydrogens is 435 g/mol. The number of hydrogen-bond acceptors (Lipinski definition) is 2. The van der Waals surface area contributed by atoms with Gasteiger partial charge in [0.25, 0.3) is 0 Å². The van der Waals surface area contributed by atoms with Gasteiger partial charge in [-0.15, -0.1) is 0 Å². The number of hydrogen-bond donors (Lipinski definition) is 1. The number of carbonyl (C=O) groups excluding carboxylic acids is 1. The van der Waals surface area contributed by atoms with Gasteiger partial charge in [-0.25, -0.2) is 0 Å². The molecule has 0 atom stereocenters. The first kappa shape index (κ1) is 17.7. The first-order valence-electron chi connectivity index (χ1n) is 9.30. The summed E-state index contributed by atoms with van der Waals surface area (Å²) in [5.41, 5.74) is 4.04. The predicted molar refractivity (Wildman–Crippen MR) is 115 cm³/mol. The van der Waals surface area contributed by atoms with Gasteiger partial charge in [0.2, 0.25) is 0 Å². The molecule has 4 heteroatoms. The van der Waals surface area contributed by atoms with Gasteiger partial charge in [-0.3, -0.25) is 4.79 Å². The number of carbonyl (C=O) groups is 1. The Balaban J connectivity index is 1.67. The highest BCUT2D eigenvalue weighted by Crippen LogP contribution is 2.34. The highest BCUT2D eigenvalue weighted by atomic mass is 127. The number of aromatic nitrogens is 1. The van der Waals surface area contributed by atoms with E-state index in [4.69, 9.17) is 0 Å². The molecule has 0 aliphatic carbocycles. The zero-order valence-electron chi connectivity index (χ0n) is 15.0. The van der Waals surface area contributed by atoms with Crippen LogP contribution in [0.3, 0.4) is 0 Å². The monoisotopic (exact) mass is 458 g/mol. The van der Waals surface area contributed by atoms with Crippen LogP contribution in [0.15, 0.2) is 48.7 Å². The fourth-order valence-corrected chi connectivity index (χ4v) is 4.61. The Bertz CT molecular complexity index is 938. The molecule has 1 aliphatic heterocycles. The molecule has 1 fully saturated rings. The quantitative estimate of drug-likeness (QED) is 0.431. The molecular formula is C22H23IN2O. The van der Waals surface area contributed by atoms with Crippen LogP contribution in [0.4, 0.5) is 0 Å². The van der Waals surface area contributed by atoms with E-state index in [9.17, 15) is 4.79 Å². The van der Waals surface area contributed by atoms with Crippen molar-refractivity contribution in [2.24, 2.45) is 0 Å². The third-order valence-electron chi connectivity index (χ3n) is 5.57. The molecule has 0 unspecified atom stereocenters. The number of nitrogens with one attached hydrogen (secondary N) is 1. The van der Waals surface area contributed by atoms with Gasteiger partial charge in [-0.05, 0) is 96.9 Å². The van der Waals surface area contributed by atoms with Gasteiger partial charge < -0.3 is 9.88 Å². The number of benzene rings is 2. The van der Waals surface area contributed by atoms with E-state index in [-0.39, 0.29) is 5.78 Å². The third kappa shape index (κ3) is 3.32. The van der Waals surface area contributed by atoms with Crippen LogP contribution in [0.25, 0.3) is 10.9 Å². The van der Waals surface area contributed by atoms with E-state index >= 15 is 0 Å². The second-order valence-electron chi connectivity index (χ2n) is 7.02. The average molecular weight is 458 g/mol. The normalized spacial score (nSPS) is 16.2. The summed E-state index contributed by atoms with van der Waals surface area (Å²) in [6.45, 7) is 5.69. The number of fused-ring (bicyclic) bond motifs is 1. The number of piperidine rings is 1. The minimum Gasteiger partial charge on any atom is -0.361 e. The van der Waals surface area contributed by atoms with Crippen molar-refractivity contribution < 1.29 is 4.79 Å². The van der Waals surface area contributed by atoms with E-state index in [1.54, 1.807) is 0 Å². The highest BCUT2D eigenvalue weighted by Gasteiger charge is 2.22. The lowest BCUT2D eigenvalue weighted by molar-refractivity contribution is 0.103. The minimum absolute atomic E-state index is 0.102. The van der Waals surface area contributed by atoms with Gasteiger partial charge in [-0.2, -0.15) is 0 Å². The van der Waals surface area contributed by atoms with Gasteiger partial charge in [0.15, 0.2) is 5.78 Å². The van der Waals surface area contributed by atoms with E-state index in [1.807, 2.05) is 36.4 Å². The van der Waals surface area contributed by atoms with Crippen molar-refractivity contribution in [2.45, 2.75) is 25.7 Å². The molecule has 4 rings (SSSR count). The zero-order valence-corrected chi connectivity index (χ0v) is 17.1. The molecule has 134 valence electrons. The lowest BCUT2D eigenvalue weighted by Crippen LogP contribution is -2.32. The maximum atomic E-state index is 13.0. The zero-order chi connectivity index (χ0) is 18.1. The Morgan fingerprint density at radius 1 is 1.19 bits per heavy atom. The molecule has 0 saturated carbocycles. The predicted octanol–water partition coefficient (Wildman–Crippen LogP) is 5.20. The molecule has 1 saturated heterocycles. The van der Waals surface area contributed by atoms with E-state index in [1.165, 1.54) is 23.8 Å². The number of rotatable bonds is 4. The van der Waals surface area contributed by atoms with Crippen LogP contribution < -0.4 is 0 Å². The van der Waals surface area contributed by atoms with Crippen molar-refractivity contribution in [3.8, 4) is 0 Å². The van der Waals surface area contributed by atoms with Gasteiger partial charge in [0.05, 0.1) is 0 Å². The number of H-pyrrole nitrogens is 1. The molecule has 3 aromatic rings. The molecule has 1 aliphatic rings. The summed E-state index contributed by atoms with van der Waals surface area (Å²) in [5.74, 6) is 0.679. The Morgan fingerprint density at radius 3 is 2.69 bits per heavy atom. The van der Waals surface area contributed by atoms with Crippen LogP contribution in [-0.2, 0) is 0 Å². The van der Waals surface area contributed by atoms with Gasteiger partial charge in [0.1, 0.15) is 0 Å². The topological polar surface area (TPSA) is 36.1 Å². The molecule has 0 spiro atoms. The van der Waals surface area contributed by atoms with Crippen molar-refractivity contribution in [1.82, 2.24) is 9.88 Å². The molecule has 2 aromatic carbocycles. The van der Waals surface area contributed by atoms with Crippen LogP contribution in [0.2, 0.25) is 0 Å². The standard InChI is InChI=1S/C22H23IN2O/c1-2-25-11-9-15(10-12-25)19-14-24-21-8-7-16(13-18(19)21)22(26)17-5-3-4-6-20(17)23/h3-8,13-15,24H,2,9-12H2,1H3. The third-order valence-corrected chi connectivity index (χ3v) is 6.51. The highest BCUT2D eigenvalue weighted by molar-refractivity contribution is 14.1. The van der Waals surface area contributed by atoms with E-state index in [0.29, 0.717) is 5.92 Å². The van der Waals surface area contributed by atoms with Gasteiger partial charge >= 0.3 is 0 Å². The summed E-state index contributed by atoms with van der Waals surface area (Å²) < 4.78 is 0.997. The SMILES string of the molecule is CCN1CCC(c2c[nH]c3ccc(C(=O)c4ccccc4I)cc23)CC1. The van der Waals surface area contributed by atoms with Gasteiger partial charge in [-0.1, -0.05) is 19.1 Å². The molecule has 0 bridgehead atoms. The van der Waals surface area contributed by atoms with Crippen LogP contribution in [0, 0.1) is 3.57 Å². The largest absolute Gasteiger partial charge is 0.361 e. The summed E-state index contributed by atoms with van der Waals surface area (Å²) in [7, 11) is 0. The van der Waals surface area contributed by atoms with Crippen LogP contribution in [0.1, 0.15) is 47.2 Å². The minimum atomic E-state index is 0.102. The summed E-state index contributed by atoms with van der Waals surface area (Å²) in [6.07, 6.45) is 4.53. The van der Waals surface area contributed by atoms with E-state index in [2.05, 4.69) is 51.7 Å². The first-order chi connectivity index (χ1) is 12.7. The van der Waals surface area contributed by atoms with Crippen molar-refractivity contribution in [3.63, 3.8) is 0 Å². The Labute approximate surface area is 167 Å². The van der Waals surface area contributed by atoms with Crippen LogP contribution in [-0.4, -0.2) is 35.3 Å². The molecule has 26 heavy (non-hydrogen) atoms. The number of halogens is 1. The van der Waals surface area contributed by atoms with E-state index in [0.717, 1.165) is 39.8 Å². The average Bonchev–Trinajstić information content (AvgIpc) is 3.11. The maximum Gasteiger partial charge on any atom is 0.194 e. The molecule has 3 nitrogen and oxygen atoms in total. The lowest BCUT2D eigenvalue weighted by Gasteiger charge is -2.30. The van der Waals surface area contributed by atoms with Crippen LogP contribution in [0.5, 0.6) is 0 Å².